The van der Waals surface area contributed by atoms with Crippen molar-refractivity contribution in [1.29, 1.82) is 0 Å². The highest BCUT2D eigenvalue weighted by atomic mass is 32.2. The topological polar surface area (TPSA) is 87.7 Å². The summed E-state index contributed by atoms with van der Waals surface area (Å²) < 4.78 is 64.9. The lowest BCUT2D eigenvalue weighted by Gasteiger charge is -2.26. The minimum Gasteiger partial charge on any atom is -0.354 e. The summed E-state index contributed by atoms with van der Waals surface area (Å²) in [6.07, 6.45) is -2.80. The number of hydrogen-bond acceptors (Lipinski definition) is 5. The van der Waals surface area contributed by atoms with Gasteiger partial charge in [0.05, 0.1) is 10.5 Å². The summed E-state index contributed by atoms with van der Waals surface area (Å²) >= 11 is 0. The first-order valence-electron chi connectivity index (χ1n) is 9.01. The van der Waals surface area contributed by atoms with Gasteiger partial charge in [-0.25, -0.2) is 8.42 Å². The largest absolute Gasteiger partial charge is 0.416 e. The fraction of sp³-hybridized carbons (Fsp3) is 0.500. The summed E-state index contributed by atoms with van der Waals surface area (Å²) in [7, 11) is -4.06. The van der Waals surface area contributed by atoms with Crippen LogP contribution in [0.4, 0.5) is 13.2 Å². The molecular weight excluding hydrogens is 411 g/mol. The second kappa shape index (κ2) is 9.59. The van der Waals surface area contributed by atoms with Gasteiger partial charge in [0.25, 0.3) is 0 Å². The molecule has 0 atom stereocenters. The van der Waals surface area contributed by atoms with Crippen molar-refractivity contribution in [3.05, 3.63) is 41.6 Å². The molecule has 1 aromatic carbocycles. The molecule has 29 heavy (non-hydrogen) atoms. The van der Waals surface area contributed by atoms with Crippen LogP contribution in [0.5, 0.6) is 0 Å². The van der Waals surface area contributed by atoms with Gasteiger partial charge in [-0.15, -0.1) is 0 Å². The number of alkyl halides is 3. The van der Waals surface area contributed by atoms with Crippen molar-refractivity contribution in [2.24, 2.45) is 5.92 Å². The van der Waals surface area contributed by atoms with E-state index in [0.29, 0.717) is 24.2 Å². The van der Waals surface area contributed by atoms with Gasteiger partial charge in [0, 0.05) is 31.8 Å². The maximum Gasteiger partial charge on any atom is 0.416 e. The van der Waals surface area contributed by atoms with Gasteiger partial charge in [0.15, 0.2) is 6.61 Å². The number of nitrogens with zero attached hydrogens (tertiary/aromatic N) is 1. The minimum absolute atomic E-state index is 0.0240. The van der Waals surface area contributed by atoms with Crippen molar-refractivity contribution in [1.82, 2.24) is 15.1 Å². The Morgan fingerprint density at radius 2 is 2.03 bits per heavy atom. The highest BCUT2D eigenvalue weighted by molar-refractivity contribution is 7.89. The van der Waals surface area contributed by atoms with Gasteiger partial charge in [-0.05, 0) is 30.2 Å². The van der Waals surface area contributed by atoms with E-state index in [1.54, 1.807) is 6.08 Å². The zero-order chi connectivity index (χ0) is 21.7. The number of halogens is 3. The molecule has 0 unspecified atom stereocenters. The molecule has 1 aromatic rings. The lowest BCUT2D eigenvalue weighted by atomic mass is 10.2. The molecule has 0 radical (unpaired) electrons. The number of carbonyl (C=O) groups is 1. The monoisotopic (exact) mass is 435 g/mol. The van der Waals surface area contributed by atoms with E-state index in [4.69, 9.17) is 4.84 Å². The molecule has 1 aliphatic rings. The van der Waals surface area contributed by atoms with Crippen molar-refractivity contribution in [2.75, 3.05) is 26.2 Å². The lowest BCUT2D eigenvalue weighted by Crippen LogP contribution is -2.37. The molecule has 0 saturated carbocycles. The molecule has 1 aliphatic heterocycles. The van der Waals surface area contributed by atoms with Gasteiger partial charge < -0.3 is 5.32 Å². The molecule has 7 nitrogen and oxygen atoms in total. The van der Waals surface area contributed by atoms with Crippen LogP contribution in [-0.2, 0) is 25.8 Å². The van der Waals surface area contributed by atoms with E-state index in [1.165, 1.54) is 0 Å². The molecule has 0 bridgehead atoms. The summed E-state index contributed by atoms with van der Waals surface area (Å²) in [4.78, 5) is 16.3. The molecular formula is C18H24F3N3O4S. The average molecular weight is 435 g/mol. The Kier molecular flexibility index (Phi) is 7.66. The summed E-state index contributed by atoms with van der Waals surface area (Å²) in [5.74, 6) is 0.0362. The van der Waals surface area contributed by atoms with Gasteiger partial charge in [-0.1, -0.05) is 19.9 Å². The highest BCUT2D eigenvalue weighted by Gasteiger charge is 2.33. The number of nitrogens with one attached hydrogen (secondary N) is 2. The van der Waals surface area contributed by atoms with Gasteiger partial charge in [-0.3, -0.25) is 15.1 Å². The molecule has 2 rings (SSSR count). The van der Waals surface area contributed by atoms with E-state index in [9.17, 15) is 26.4 Å². The minimum atomic E-state index is -4.62. The van der Waals surface area contributed by atoms with Crippen molar-refractivity contribution >= 4 is 15.9 Å². The Hall–Kier alpha value is -2.11. The average Bonchev–Trinajstić information content (AvgIpc) is 2.66. The Morgan fingerprint density at radius 3 is 2.62 bits per heavy atom. The third-order valence-corrected chi connectivity index (χ3v) is 5.95. The highest BCUT2D eigenvalue weighted by Crippen LogP contribution is 2.31. The van der Waals surface area contributed by atoms with Crippen LogP contribution in [0.3, 0.4) is 0 Å². The van der Waals surface area contributed by atoms with Crippen molar-refractivity contribution in [2.45, 2.75) is 31.3 Å². The first-order valence-corrected chi connectivity index (χ1v) is 10.4. The van der Waals surface area contributed by atoms with Gasteiger partial charge >= 0.3 is 6.18 Å². The number of amides is 1. The number of rotatable bonds is 8. The van der Waals surface area contributed by atoms with Crippen LogP contribution in [0.2, 0.25) is 0 Å². The predicted molar refractivity (Wildman–Crippen MR) is 99.8 cm³/mol. The van der Waals surface area contributed by atoms with Crippen LogP contribution in [0, 0.1) is 5.92 Å². The van der Waals surface area contributed by atoms with E-state index < -0.39 is 26.7 Å². The SMILES string of the molecule is CC(C)CNC(=O)CONC1=CCN(S(=O)(=O)c2cccc(C(F)(F)F)c2)CC1. The second-order valence-corrected chi connectivity index (χ2v) is 8.89. The van der Waals surface area contributed by atoms with E-state index in [2.05, 4.69) is 10.8 Å². The maximum atomic E-state index is 12.8. The third kappa shape index (κ3) is 6.72. The second-order valence-electron chi connectivity index (χ2n) is 6.96. The van der Waals surface area contributed by atoms with Crippen LogP contribution in [-0.4, -0.2) is 44.9 Å². The molecule has 1 amide bonds. The fourth-order valence-corrected chi connectivity index (χ4v) is 3.93. The molecule has 2 N–H and O–H groups in total. The fourth-order valence-electron chi connectivity index (χ4n) is 2.51. The van der Waals surface area contributed by atoms with E-state index in [1.807, 2.05) is 13.8 Å². The smallest absolute Gasteiger partial charge is 0.354 e. The number of hydrogen-bond donors (Lipinski definition) is 2. The van der Waals surface area contributed by atoms with Gasteiger partial charge in [0.1, 0.15) is 0 Å². The Bertz CT molecular complexity index is 854. The van der Waals surface area contributed by atoms with E-state index in [0.717, 1.165) is 22.5 Å². The van der Waals surface area contributed by atoms with Crippen molar-refractivity contribution < 1.29 is 31.2 Å². The van der Waals surface area contributed by atoms with Crippen LogP contribution in [0.15, 0.2) is 40.9 Å². The van der Waals surface area contributed by atoms with E-state index in [-0.39, 0.29) is 32.0 Å². The normalized spacial score (nSPS) is 15.9. The lowest BCUT2D eigenvalue weighted by molar-refractivity contribution is -0.137. The maximum absolute atomic E-state index is 12.8. The summed E-state index contributed by atoms with van der Waals surface area (Å²) in [5.41, 5.74) is 2.19. The Morgan fingerprint density at radius 1 is 1.31 bits per heavy atom. The number of hydroxylamine groups is 1. The van der Waals surface area contributed by atoms with Crippen LogP contribution in [0.1, 0.15) is 25.8 Å². The van der Waals surface area contributed by atoms with Gasteiger partial charge in [0.2, 0.25) is 15.9 Å². The first-order chi connectivity index (χ1) is 13.5. The third-order valence-electron chi connectivity index (χ3n) is 4.09. The molecule has 0 saturated heterocycles. The Labute approximate surface area is 167 Å². The van der Waals surface area contributed by atoms with Crippen molar-refractivity contribution in [3.8, 4) is 0 Å². The zero-order valence-electron chi connectivity index (χ0n) is 16.1. The molecule has 0 aromatic heterocycles. The van der Waals surface area contributed by atoms with E-state index >= 15 is 0 Å². The molecule has 1 heterocycles. The molecule has 0 spiro atoms. The van der Waals surface area contributed by atoms with Gasteiger partial charge in [-0.2, -0.15) is 17.5 Å². The first kappa shape index (κ1) is 23.2. The predicted octanol–water partition coefficient (Wildman–Crippen LogP) is 2.28. The standard InChI is InChI=1S/C18H24F3N3O4S/c1-13(2)11-22-17(25)12-28-23-15-6-8-24(9-7-15)29(26,27)16-5-3-4-14(10-16)18(19,20)21/h3-6,10,13,23H,7-9,11-12H2,1-2H3,(H,22,25). The number of sulfonamides is 1. The molecule has 11 heteroatoms. The Balaban J connectivity index is 1.92. The molecule has 0 aliphatic carbocycles. The van der Waals surface area contributed by atoms with Crippen LogP contribution in [0.25, 0.3) is 0 Å². The zero-order valence-corrected chi connectivity index (χ0v) is 16.9. The summed E-state index contributed by atoms with van der Waals surface area (Å²) in [5, 5.41) is 2.69. The van der Waals surface area contributed by atoms with Crippen LogP contribution >= 0.6 is 0 Å². The van der Waals surface area contributed by atoms with Crippen LogP contribution < -0.4 is 10.8 Å². The van der Waals surface area contributed by atoms with Crippen molar-refractivity contribution in [3.63, 3.8) is 0 Å². The quantitative estimate of drug-likeness (QED) is 0.612. The molecule has 0 fully saturated rings. The summed E-state index contributed by atoms with van der Waals surface area (Å²) in [6, 6.07) is 3.67. The molecule has 162 valence electrons. The number of carbonyl (C=O) groups excluding carboxylic acids is 1. The summed E-state index contributed by atoms with van der Waals surface area (Å²) in [6.45, 7) is 4.31. The number of benzene rings is 1.